The van der Waals surface area contributed by atoms with Gasteiger partial charge in [-0.15, -0.1) is 0 Å². The largest absolute Gasteiger partial charge is 0.399 e. The van der Waals surface area contributed by atoms with E-state index in [0.717, 1.165) is 19.0 Å². The Labute approximate surface area is 142 Å². The highest BCUT2D eigenvalue weighted by Gasteiger charge is 2.14. The van der Waals surface area contributed by atoms with Crippen molar-refractivity contribution in [3.05, 3.63) is 54.9 Å². The van der Waals surface area contributed by atoms with E-state index in [1.54, 1.807) is 18.2 Å². The topological polar surface area (TPSA) is 55.1 Å². The minimum atomic E-state index is -0.171. The molecule has 0 aliphatic rings. The van der Waals surface area contributed by atoms with Crippen molar-refractivity contribution in [1.29, 1.82) is 0 Å². The number of carbonyl (C=O) groups is 1. The molecule has 104 valence electrons. The van der Waals surface area contributed by atoms with E-state index in [4.69, 9.17) is 5.73 Å². The van der Waals surface area contributed by atoms with Gasteiger partial charge in [-0.2, -0.15) is 0 Å². The summed E-state index contributed by atoms with van der Waals surface area (Å²) in [4.78, 5) is 12.4. The molecule has 2 aromatic carbocycles. The van der Waals surface area contributed by atoms with Gasteiger partial charge in [-0.3, -0.25) is 4.79 Å². The van der Waals surface area contributed by atoms with Crippen molar-refractivity contribution in [3.8, 4) is 0 Å². The van der Waals surface area contributed by atoms with E-state index in [1.165, 1.54) is 0 Å². The standard InChI is InChI=1S/C14H11Br3N2O/c1-7-9(3-2-4-10(7)15)14(20)19-13-11(16)5-8(18)6-12(13)17/h2-6H,18H2,1H3,(H,19,20). The average Bonchev–Trinajstić information content (AvgIpc) is 2.36. The molecule has 0 saturated heterocycles. The van der Waals surface area contributed by atoms with Crippen LogP contribution in [0.4, 0.5) is 11.4 Å². The molecule has 0 fully saturated rings. The predicted molar refractivity (Wildman–Crippen MR) is 93.1 cm³/mol. The summed E-state index contributed by atoms with van der Waals surface area (Å²) in [6, 6.07) is 9.01. The second-order valence-electron chi connectivity index (χ2n) is 4.23. The van der Waals surface area contributed by atoms with E-state index in [1.807, 2.05) is 19.1 Å². The molecule has 0 atom stereocenters. The van der Waals surface area contributed by atoms with Crippen molar-refractivity contribution in [2.24, 2.45) is 0 Å². The van der Waals surface area contributed by atoms with Crippen LogP contribution in [0.3, 0.4) is 0 Å². The third-order valence-electron chi connectivity index (χ3n) is 2.82. The van der Waals surface area contributed by atoms with Crippen LogP contribution in [0, 0.1) is 6.92 Å². The Hall–Kier alpha value is -0.850. The molecule has 2 rings (SSSR count). The van der Waals surface area contributed by atoms with Gasteiger partial charge in [0.15, 0.2) is 0 Å². The number of benzene rings is 2. The molecule has 0 bridgehead atoms. The second kappa shape index (κ2) is 6.28. The Bertz CT molecular complexity index is 663. The summed E-state index contributed by atoms with van der Waals surface area (Å²) in [5.74, 6) is -0.171. The van der Waals surface area contributed by atoms with Crippen LogP contribution in [0.15, 0.2) is 43.7 Å². The number of anilines is 2. The van der Waals surface area contributed by atoms with Gasteiger partial charge in [-0.1, -0.05) is 22.0 Å². The summed E-state index contributed by atoms with van der Waals surface area (Å²) < 4.78 is 2.36. The van der Waals surface area contributed by atoms with Gasteiger partial charge in [0, 0.05) is 24.7 Å². The highest BCUT2D eigenvalue weighted by Crippen LogP contribution is 2.34. The Balaban J connectivity index is 2.36. The Morgan fingerprint density at radius 3 is 2.30 bits per heavy atom. The number of rotatable bonds is 2. The average molecular weight is 463 g/mol. The zero-order valence-electron chi connectivity index (χ0n) is 10.5. The summed E-state index contributed by atoms with van der Waals surface area (Å²) in [7, 11) is 0. The molecule has 0 spiro atoms. The normalized spacial score (nSPS) is 10.4. The van der Waals surface area contributed by atoms with Crippen molar-refractivity contribution in [2.75, 3.05) is 11.1 Å². The Morgan fingerprint density at radius 2 is 1.70 bits per heavy atom. The molecule has 6 heteroatoms. The number of nitrogen functional groups attached to an aromatic ring is 1. The molecule has 3 N–H and O–H groups in total. The van der Waals surface area contributed by atoms with Gasteiger partial charge in [0.25, 0.3) is 5.91 Å². The number of nitrogens with one attached hydrogen (secondary N) is 1. The minimum Gasteiger partial charge on any atom is -0.399 e. The van der Waals surface area contributed by atoms with Gasteiger partial charge >= 0.3 is 0 Å². The molecule has 2 aromatic rings. The fourth-order valence-electron chi connectivity index (χ4n) is 1.75. The molecule has 0 aliphatic carbocycles. The molecule has 3 nitrogen and oxygen atoms in total. The van der Waals surface area contributed by atoms with E-state index >= 15 is 0 Å². The Morgan fingerprint density at radius 1 is 1.10 bits per heavy atom. The van der Waals surface area contributed by atoms with E-state index in [-0.39, 0.29) is 5.91 Å². The van der Waals surface area contributed by atoms with E-state index < -0.39 is 0 Å². The van der Waals surface area contributed by atoms with Gasteiger partial charge in [0.2, 0.25) is 0 Å². The van der Waals surface area contributed by atoms with Gasteiger partial charge < -0.3 is 11.1 Å². The second-order valence-corrected chi connectivity index (χ2v) is 6.79. The number of hydrogen-bond donors (Lipinski definition) is 2. The van der Waals surface area contributed by atoms with E-state index in [9.17, 15) is 4.79 Å². The highest BCUT2D eigenvalue weighted by atomic mass is 79.9. The lowest BCUT2D eigenvalue weighted by atomic mass is 10.1. The molecular formula is C14H11Br3N2O. The van der Waals surface area contributed by atoms with Crippen LogP contribution in [0.1, 0.15) is 15.9 Å². The van der Waals surface area contributed by atoms with Crippen LogP contribution in [-0.4, -0.2) is 5.91 Å². The van der Waals surface area contributed by atoms with Crippen molar-refractivity contribution < 1.29 is 4.79 Å². The molecule has 0 aliphatic heterocycles. The summed E-state index contributed by atoms with van der Waals surface area (Å²) in [6.45, 7) is 1.89. The molecule has 0 heterocycles. The maximum atomic E-state index is 12.4. The molecular weight excluding hydrogens is 452 g/mol. The monoisotopic (exact) mass is 460 g/mol. The Kier molecular flexibility index (Phi) is 4.88. The SMILES string of the molecule is Cc1c(Br)cccc1C(=O)Nc1c(Br)cc(N)cc1Br. The fourth-order valence-corrected chi connectivity index (χ4v) is 3.53. The van der Waals surface area contributed by atoms with Gasteiger partial charge in [0.1, 0.15) is 0 Å². The fraction of sp³-hybridized carbons (Fsp3) is 0.0714. The van der Waals surface area contributed by atoms with Crippen LogP contribution < -0.4 is 11.1 Å². The zero-order chi connectivity index (χ0) is 14.9. The summed E-state index contributed by atoms with van der Waals surface area (Å²) in [5, 5.41) is 2.88. The molecule has 1 amide bonds. The van der Waals surface area contributed by atoms with Crippen LogP contribution in [-0.2, 0) is 0 Å². The lowest BCUT2D eigenvalue weighted by Gasteiger charge is -2.12. The highest BCUT2D eigenvalue weighted by molar-refractivity contribution is 9.11. The number of nitrogens with two attached hydrogens (primary N) is 1. The minimum absolute atomic E-state index is 0.171. The first-order chi connectivity index (χ1) is 9.40. The van der Waals surface area contributed by atoms with Crippen LogP contribution in [0.25, 0.3) is 0 Å². The zero-order valence-corrected chi connectivity index (χ0v) is 15.3. The lowest BCUT2D eigenvalue weighted by Crippen LogP contribution is -2.14. The first-order valence-corrected chi connectivity index (χ1v) is 8.09. The third-order valence-corrected chi connectivity index (χ3v) is 4.93. The van der Waals surface area contributed by atoms with E-state index in [2.05, 4.69) is 53.1 Å². The lowest BCUT2D eigenvalue weighted by molar-refractivity contribution is 0.102. The smallest absolute Gasteiger partial charge is 0.256 e. The van der Waals surface area contributed by atoms with Gasteiger partial charge in [-0.05, 0) is 68.6 Å². The number of amides is 1. The van der Waals surface area contributed by atoms with Crippen LogP contribution in [0.2, 0.25) is 0 Å². The molecule has 0 radical (unpaired) electrons. The maximum Gasteiger partial charge on any atom is 0.256 e. The van der Waals surface area contributed by atoms with Crippen LogP contribution in [0.5, 0.6) is 0 Å². The van der Waals surface area contributed by atoms with Gasteiger partial charge in [0.05, 0.1) is 5.69 Å². The number of hydrogen-bond acceptors (Lipinski definition) is 2. The quantitative estimate of drug-likeness (QED) is 0.609. The van der Waals surface area contributed by atoms with Gasteiger partial charge in [-0.25, -0.2) is 0 Å². The third kappa shape index (κ3) is 3.24. The van der Waals surface area contributed by atoms with Crippen molar-refractivity contribution in [1.82, 2.24) is 0 Å². The summed E-state index contributed by atoms with van der Waals surface area (Å²) >= 11 is 10.2. The number of carbonyl (C=O) groups excluding carboxylic acids is 1. The molecule has 0 aromatic heterocycles. The first-order valence-electron chi connectivity index (χ1n) is 5.71. The molecule has 20 heavy (non-hydrogen) atoms. The van der Waals surface area contributed by atoms with E-state index in [0.29, 0.717) is 16.9 Å². The summed E-state index contributed by atoms with van der Waals surface area (Å²) in [5.41, 5.74) is 8.52. The molecule has 0 unspecified atom stereocenters. The van der Waals surface area contributed by atoms with Crippen molar-refractivity contribution in [3.63, 3.8) is 0 Å². The molecule has 0 saturated carbocycles. The van der Waals surface area contributed by atoms with Crippen LogP contribution >= 0.6 is 47.8 Å². The summed E-state index contributed by atoms with van der Waals surface area (Å²) in [6.07, 6.45) is 0. The maximum absolute atomic E-state index is 12.4. The predicted octanol–water partition coefficient (Wildman–Crippen LogP) is 5.12. The van der Waals surface area contributed by atoms with Crippen molar-refractivity contribution in [2.45, 2.75) is 6.92 Å². The number of halogens is 3. The first kappa shape index (κ1) is 15.5. The van der Waals surface area contributed by atoms with Crippen molar-refractivity contribution >= 4 is 65.1 Å².